The number of hydrogen-bond donors (Lipinski definition) is 0. The molecule has 8 aromatic carbocycles. The van der Waals surface area contributed by atoms with Crippen molar-refractivity contribution in [2.75, 3.05) is 0 Å². The first-order valence-electron chi connectivity index (χ1n) is 17.9. The fourth-order valence-corrected chi connectivity index (χ4v) is 10.9. The molecule has 2 aliphatic rings. The number of aromatic nitrogens is 2. The van der Waals surface area contributed by atoms with Gasteiger partial charge in [-0.2, -0.15) is 0 Å². The van der Waals surface area contributed by atoms with Gasteiger partial charge in [0.2, 0.25) is 0 Å². The largest absolute Gasteiger partial charge is 0.309 e. The van der Waals surface area contributed by atoms with E-state index in [-0.39, 0.29) is 0 Å². The van der Waals surface area contributed by atoms with Crippen LogP contribution in [0, 0.1) is 0 Å². The summed E-state index contributed by atoms with van der Waals surface area (Å²) < 4.78 is 4.92. The second kappa shape index (κ2) is 10.4. The molecule has 0 bridgehead atoms. The van der Waals surface area contributed by atoms with Gasteiger partial charge in [-0.3, -0.25) is 0 Å². The van der Waals surface area contributed by atoms with E-state index in [1.54, 1.807) is 0 Å². The summed E-state index contributed by atoms with van der Waals surface area (Å²) in [5.74, 6) is 0. The van der Waals surface area contributed by atoms with Crippen LogP contribution >= 0.6 is 11.8 Å². The van der Waals surface area contributed by atoms with Crippen molar-refractivity contribution in [1.29, 1.82) is 0 Å². The topological polar surface area (TPSA) is 9.86 Å². The Morgan fingerprint density at radius 1 is 0.404 bits per heavy atom. The maximum Gasteiger partial charge on any atom is 0.0764 e. The van der Waals surface area contributed by atoms with Crippen LogP contribution in [0.5, 0.6) is 0 Å². The summed E-state index contributed by atoms with van der Waals surface area (Å²) in [4.78, 5) is 2.63. The molecule has 0 fully saturated rings. The molecule has 0 saturated heterocycles. The minimum atomic E-state index is -0.499. The molecule has 1 atom stereocenters. The quantitative estimate of drug-likeness (QED) is 0.177. The van der Waals surface area contributed by atoms with Gasteiger partial charge in [-0.05, 0) is 81.9 Å². The van der Waals surface area contributed by atoms with Gasteiger partial charge in [0.1, 0.15) is 0 Å². The zero-order chi connectivity index (χ0) is 34.0. The van der Waals surface area contributed by atoms with Crippen molar-refractivity contribution in [2.45, 2.75) is 15.2 Å². The van der Waals surface area contributed by atoms with E-state index in [0.29, 0.717) is 0 Å². The van der Waals surface area contributed by atoms with Gasteiger partial charge in [-0.15, -0.1) is 0 Å². The SMILES string of the molecule is c1ccc(-n2c3ccccc3c3cc(-c4cccc5c4Sc4ccccc4C54c5ccccc5-n5c6ccccc6c6cccc4c65)ccc32)cc1. The average molecular weight is 679 g/mol. The molecule has 1 spiro atoms. The first kappa shape index (κ1) is 28.4. The number of rotatable bonds is 2. The molecule has 3 heteroatoms. The first-order valence-corrected chi connectivity index (χ1v) is 18.8. The Morgan fingerprint density at radius 2 is 1.02 bits per heavy atom. The van der Waals surface area contributed by atoms with Crippen LogP contribution in [0.2, 0.25) is 0 Å². The molecule has 0 amide bonds. The van der Waals surface area contributed by atoms with E-state index in [1.165, 1.54) is 98.2 Å². The van der Waals surface area contributed by atoms with Crippen molar-refractivity contribution in [2.24, 2.45) is 0 Å². The number of para-hydroxylation sites is 5. The number of benzene rings is 8. The van der Waals surface area contributed by atoms with Crippen LogP contribution in [0.15, 0.2) is 192 Å². The molecule has 2 aromatic heterocycles. The molecule has 0 aliphatic carbocycles. The average Bonchev–Trinajstić information content (AvgIpc) is 3.73. The Hall–Kier alpha value is -6.29. The van der Waals surface area contributed by atoms with Crippen LogP contribution in [-0.2, 0) is 5.41 Å². The number of nitrogens with zero attached hydrogens (tertiary/aromatic N) is 2. The lowest BCUT2D eigenvalue weighted by atomic mass is 9.62. The molecule has 2 nitrogen and oxygen atoms in total. The van der Waals surface area contributed by atoms with Crippen molar-refractivity contribution in [3.05, 3.63) is 204 Å². The highest BCUT2D eigenvalue weighted by molar-refractivity contribution is 7.99. The summed E-state index contributed by atoms with van der Waals surface area (Å²) >= 11 is 1.92. The van der Waals surface area contributed by atoms with E-state index < -0.39 is 5.41 Å². The summed E-state index contributed by atoms with van der Waals surface area (Å²) in [6.07, 6.45) is 0. The van der Waals surface area contributed by atoms with Crippen molar-refractivity contribution >= 4 is 55.4 Å². The van der Waals surface area contributed by atoms with Gasteiger partial charge in [0, 0.05) is 37.0 Å². The molecule has 0 saturated carbocycles. The maximum absolute atomic E-state index is 2.52. The third kappa shape index (κ3) is 3.51. The predicted octanol–water partition coefficient (Wildman–Crippen LogP) is 12.7. The summed E-state index contributed by atoms with van der Waals surface area (Å²) in [5, 5.41) is 5.13. The van der Waals surface area contributed by atoms with E-state index in [9.17, 15) is 0 Å². The summed E-state index contributed by atoms with van der Waals surface area (Å²) in [6, 6.07) is 67.7. The van der Waals surface area contributed by atoms with E-state index >= 15 is 0 Å². The van der Waals surface area contributed by atoms with E-state index in [1.807, 2.05) is 11.8 Å². The Kier molecular flexibility index (Phi) is 5.67. The molecule has 0 radical (unpaired) electrons. The molecule has 2 aliphatic heterocycles. The van der Waals surface area contributed by atoms with Gasteiger partial charge in [0.15, 0.2) is 0 Å². The van der Waals surface area contributed by atoms with Gasteiger partial charge in [-0.25, -0.2) is 0 Å². The molecule has 242 valence electrons. The summed E-state index contributed by atoms with van der Waals surface area (Å²) in [6.45, 7) is 0. The third-order valence-corrected chi connectivity index (χ3v) is 12.8. The zero-order valence-electron chi connectivity index (χ0n) is 28.1. The van der Waals surface area contributed by atoms with Crippen LogP contribution in [0.3, 0.4) is 0 Å². The smallest absolute Gasteiger partial charge is 0.0764 e. The molecule has 10 aromatic rings. The lowest BCUT2D eigenvalue weighted by molar-refractivity contribution is 0.690. The fourth-order valence-electron chi connectivity index (χ4n) is 9.57. The van der Waals surface area contributed by atoms with Crippen molar-refractivity contribution in [1.82, 2.24) is 9.13 Å². The fraction of sp³-hybridized carbons (Fsp3) is 0.0204. The Morgan fingerprint density at radius 3 is 1.88 bits per heavy atom. The molecule has 1 unspecified atom stereocenters. The normalized spacial score (nSPS) is 15.7. The molecule has 0 N–H and O–H groups in total. The van der Waals surface area contributed by atoms with Crippen LogP contribution in [0.25, 0.3) is 66.1 Å². The summed E-state index contributed by atoms with van der Waals surface area (Å²) in [5.41, 5.74) is 14.8. The Labute approximate surface area is 305 Å². The third-order valence-electron chi connectivity index (χ3n) is 11.6. The number of hydrogen-bond acceptors (Lipinski definition) is 1. The van der Waals surface area contributed by atoms with E-state index in [4.69, 9.17) is 0 Å². The zero-order valence-corrected chi connectivity index (χ0v) is 28.9. The highest BCUT2D eigenvalue weighted by Crippen LogP contribution is 2.61. The second-order valence-corrected chi connectivity index (χ2v) is 15.1. The van der Waals surface area contributed by atoms with E-state index in [2.05, 4.69) is 191 Å². The second-order valence-electron chi connectivity index (χ2n) is 14.0. The highest BCUT2D eigenvalue weighted by Gasteiger charge is 2.49. The van der Waals surface area contributed by atoms with Crippen molar-refractivity contribution in [3.63, 3.8) is 0 Å². The van der Waals surface area contributed by atoms with Gasteiger partial charge < -0.3 is 9.13 Å². The summed E-state index contributed by atoms with van der Waals surface area (Å²) in [7, 11) is 0. The lowest BCUT2D eigenvalue weighted by Crippen LogP contribution is -2.37. The van der Waals surface area contributed by atoms with E-state index in [0.717, 1.165) is 0 Å². The van der Waals surface area contributed by atoms with Gasteiger partial charge in [-0.1, -0.05) is 145 Å². The molecular formula is C49H30N2S. The van der Waals surface area contributed by atoms with Gasteiger partial charge >= 0.3 is 0 Å². The van der Waals surface area contributed by atoms with Crippen molar-refractivity contribution in [3.8, 4) is 22.5 Å². The van der Waals surface area contributed by atoms with Gasteiger partial charge in [0.25, 0.3) is 0 Å². The van der Waals surface area contributed by atoms with Crippen LogP contribution in [0.4, 0.5) is 0 Å². The Balaban J connectivity index is 1.18. The number of fused-ring (bicyclic) bond motifs is 14. The van der Waals surface area contributed by atoms with Crippen LogP contribution in [-0.4, -0.2) is 9.13 Å². The monoisotopic (exact) mass is 678 g/mol. The van der Waals surface area contributed by atoms with Crippen LogP contribution < -0.4 is 0 Å². The highest BCUT2D eigenvalue weighted by atomic mass is 32.2. The Bertz CT molecular complexity index is 3110. The minimum absolute atomic E-state index is 0.499. The predicted molar refractivity (Wildman–Crippen MR) is 217 cm³/mol. The van der Waals surface area contributed by atoms with Crippen LogP contribution in [0.1, 0.15) is 22.3 Å². The molecule has 52 heavy (non-hydrogen) atoms. The maximum atomic E-state index is 2.52. The molecular weight excluding hydrogens is 649 g/mol. The van der Waals surface area contributed by atoms with Gasteiger partial charge in [0.05, 0.1) is 33.2 Å². The molecule has 4 heterocycles. The minimum Gasteiger partial charge on any atom is -0.309 e. The molecule has 12 rings (SSSR count). The lowest BCUT2D eigenvalue weighted by Gasteiger charge is -2.45. The van der Waals surface area contributed by atoms with Crippen molar-refractivity contribution < 1.29 is 0 Å². The first-order chi connectivity index (χ1) is 25.8. The standard InChI is InChI=1S/C49H30N2S/c1-2-14-32(15-3-1)50-42-24-8-5-17-35(42)37-30-31(28-29-44(37)50)33-18-12-23-41-48(33)52-46-27-11-7-21-39(46)49(41)38-20-6-10-26-45(38)51-43-25-9-4-16-34(43)36-19-13-22-40(49)47(36)51/h1-30H.